The van der Waals surface area contributed by atoms with Crippen molar-refractivity contribution in [2.24, 2.45) is 0 Å². The fourth-order valence-electron chi connectivity index (χ4n) is 4.79. The highest BCUT2D eigenvalue weighted by molar-refractivity contribution is 5.54. The number of anilines is 1. The van der Waals surface area contributed by atoms with Crippen molar-refractivity contribution in [2.75, 3.05) is 5.32 Å². The van der Waals surface area contributed by atoms with Gasteiger partial charge >= 0.3 is 0 Å². The summed E-state index contributed by atoms with van der Waals surface area (Å²) < 4.78 is 33.3. The van der Waals surface area contributed by atoms with E-state index in [1.54, 1.807) is 6.07 Å². The number of ether oxygens (including phenoxy) is 3. The molecule has 1 aliphatic rings. The van der Waals surface area contributed by atoms with Crippen molar-refractivity contribution < 1.29 is 18.6 Å². The first-order valence-corrected chi connectivity index (χ1v) is 13.0. The normalized spacial score (nSPS) is 17.9. The van der Waals surface area contributed by atoms with Gasteiger partial charge in [-0.3, -0.25) is 0 Å². The van der Waals surface area contributed by atoms with Crippen molar-refractivity contribution in [3.8, 4) is 5.75 Å². The molecule has 196 valence electrons. The van der Waals surface area contributed by atoms with Crippen LogP contribution in [0.2, 0.25) is 0 Å². The first-order chi connectivity index (χ1) is 18.4. The lowest BCUT2D eigenvalue weighted by molar-refractivity contribution is -0.170. The molecule has 0 saturated carbocycles. The molecule has 5 rings (SSSR count). The summed E-state index contributed by atoms with van der Waals surface area (Å²) >= 11 is 0. The number of nitrogens with one attached hydrogen (secondary N) is 1. The van der Waals surface area contributed by atoms with E-state index in [4.69, 9.17) is 14.2 Å². The molecule has 0 spiro atoms. The van der Waals surface area contributed by atoms with Crippen molar-refractivity contribution in [1.82, 2.24) is 0 Å². The molecule has 38 heavy (non-hydrogen) atoms. The number of benzene rings is 4. The molecule has 0 fully saturated rings. The molecule has 4 nitrogen and oxygen atoms in total. The second-order valence-electron chi connectivity index (χ2n) is 10.4. The van der Waals surface area contributed by atoms with Gasteiger partial charge in [-0.05, 0) is 67.8 Å². The topological polar surface area (TPSA) is 39.7 Å². The van der Waals surface area contributed by atoms with Crippen LogP contribution in [0, 0.1) is 12.7 Å². The third-order valence-electron chi connectivity index (χ3n) is 6.86. The van der Waals surface area contributed by atoms with E-state index >= 15 is 0 Å². The maximum atomic E-state index is 13.6. The molecule has 0 bridgehead atoms. The number of fused-ring (bicyclic) bond motifs is 1. The van der Waals surface area contributed by atoms with Crippen LogP contribution in [0.1, 0.15) is 47.8 Å². The van der Waals surface area contributed by atoms with Gasteiger partial charge < -0.3 is 19.5 Å². The maximum absolute atomic E-state index is 13.6. The Balaban J connectivity index is 1.42. The highest BCUT2D eigenvalue weighted by Gasteiger charge is 2.45. The monoisotopic (exact) mass is 511 g/mol. The molecule has 4 aromatic carbocycles. The Hall–Kier alpha value is -3.67. The average Bonchev–Trinajstić information content (AvgIpc) is 2.91. The Bertz CT molecular complexity index is 1350. The van der Waals surface area contributed by atoms with Gasteiger partial charge in [0.1, 0.15) is 29.4 Å². The lowest BCUT2D eigenvalue weighted by atomic mass is 9.87. The molecule has 5 heteroatoms. The van der Waals surface area contributed by atoms with Crippen LogP contribution in [0.5, 0.6) is 5.75 Å². The van der Waals surface area contributed by atoms with E-state index in [1.165, 1.54) is 17.7 Å². The number of hydrogen-bond acceptors (Lipinski definition) is 4. The van der Waals surface area contributed by atoms with Crippen molar-refractivity contribution in [1.29, 1.82) is 0 Å². The Morgan fingerprint density at radius 2 is 1.50 bits per heavy atom. The highest BCUT2D eigenvalue weighted by atomic mass is 19.1. The predicted molar refractivity (Wildman–Crippen MR) is 149 cm³/mol. The minimum atomic E-state index is -0.616. The van der Waals surface area contributed by atoms with Gasteiger partial charge in [0.05, 0.1) is 13.2 Å². The Morgan fingerprint density at radius 3 is 2.26 bits per heavy atom. The molecule has 1 heterocycles. The van der Waals surface area contributed by atoms with E-state index in [1.807, 2.05) is 50.2 Å². The van der Waals surface area contributed by atoms with Crippen LogP contribution >= 0.6 is 0 Å². The maximum Gasteiger partial charge on any atom is 0.132 e. The average molecular weight is 512 g/mol. The van der Waals surface area contributed by atoms with Gasteiger partial charge in [0.2, 0.25) is 0 Å². The van der Waals surface area contributed by atoms with Crippen LogP contribution in [0.15, 0.2) is 97.1 Å². The van der Waals surface area contributed by atoms with Crippen LogP contribution in [-0.2, 0) is 29.2 Å². The summed E-state index contributed by atoms with van der Waals surface area (Å²) in [7, 11) is 0. The van der Waals surface area contributed by atoms with E-state index in [-0.39, 0.29) is 18.0 Å². The number of rotatable bonds is 9. The first-order valence-electron chi connectivity index (χ1n) is 13.0. The largest absolute Gasteiger partial charge is 0.485 e. The zero-order valence-corrected chi connectivity index (χ0v) is 22.1. The number of hydrogen-bond donors (Lipinski definition) is 1. The van der Waals surface area contributed by atoms with E-state index in [0.29, 0.717) is 19.8 Å². The molecule has 1 N–H and O–H groups in total. The summed E-state index contributed by atoms with van der Waals surface area (Å²) in [4.78, 5) is 0. The second-order valence-corrected chi connectivity index (χ2v) is 10.4. The van der Waals surface area contributed by atoms with Crippen LogP contribution in [0.25, 0.3) is 0 Å². The van der Waals surface area contributed by atoms with Crippen molar-refractivity contribution in [2.45, 2.75) is 58.3 Å². The summed E-state index contributed by atoms with van der Waals surface area (Å²) in [6.45, 7) is 7.58. The van der Waals surface area contributed by atoms with E-state index < -0.39 is 5.60 Å². The smallest absolute Gasteiger partial charge is 0.132 e. The zero-order valence-electron chi connectivity index (χ0n) is 22.1. The van der Waals surface area contributed by atoms with Gasteiger partial charge in [0.15, 0.2) is 0 Å². The molecule has 0 saturated heterocycles. The molecule has 0 aromatic heterocycles. The third-order valence-corrected chi connectivity index (χ3v) is 6.86. The zero-order chi connectivity index (χ0) is 26.5. The fourth-order valence-corrected chi connectivity index (χ4v) is 4.79. The molecule has 4 aromatic rings. The SMILES string of the molecule is Cc1ccc(COC2C(OCc3ccccc3)c3cc(NCc4cccc(F)c4)ccc3OC2(C)C)cc1. The van der Waals surface area contributed by atoms with E-state index in [2.05, 4.69) is 54.7 Å². The van der Waals surface area contributed by atoms with Gasteiger partial charge in [0.25, 0.3) is 0 Å². The molecule has 2 atom stereocenters. The minimum absolute atomic E-state index is 0.242. The molecule has 0 aliphatic carbocycles. The van der Waals surface area contributed by atoms with Gasteiger partial charge in [-0.2, -0.15) is 0 Å². The molecule has 0 amide bonds. The minimum Gasteiger partial charge on any atom is -0.485 e. The summed E-state index contributed by atoms with van der Waals surface area (Å²) in [5.41, 5.74) is 5.50. The van der Waals surface area contributed by atoms with Gasteiger partial charge in [-0.15, -0.1) is 0 Å². The van der Waals surface area contributed by atoms with Crippen LogP contribution in [0.3, 0.4) is 0 Å². The van der Waals surface area contributed by atoms with Crippen molar-refractivity contribution in [3.05, 3.63) is 131 Å². The second kappa shape index (κ2) is 11.4. The molecular weight excluding hydrogens is 477 g/mol. The van der Waals surface area contributed by atoms with Crippen molar-refractivity contribution >= 4 is 5.69 Å². The van der Waals surface area contributed by atoms with Gasteiger partial charge in [-0.25, -0.2) is 4.39 Å². The lowest BCUT2D eigenvalue weighted by Gasteiger charge is -2.44. The summed E-state index contributed by atoms with van der Waals surface area (Å²) in [6.07, 6.45) is -0.700. The number of aryl methyl sites for hydroxylation is 1. The highest BCUT2D eigenvalue weighted by Crippen LogP contribution is 2.45. The third kappa shape index (κ3) is 6.24. The van der Waals surface area contributed by atoms with Gasteiger partial charge in [0, 0.05) is 17.8 Å². The van der Waals surface area contributed by atoms with E-state index in [9.17, 15) is 4.39 Å². The Morgan fingerprint density at radius 1 is 0.789 bits per heavy atom. The molecule has 2 unspecified atom stereocenters. The standard InChI is InChI=1S/C33H34FNO3/c1-23-12-14-25(15-13-23)22-37-32-31(36-21-24-8-5-4-6-9-24)29-19-28(16-17-30(29)38-33(32,2)3)35-20-26-10-7-11-27(34)18-26/h4-19,31-32,35H,20-22H2,1-3H3. The Labute approximate surface area is 224 Å². The predicted octanol–water partition coefficient (Wildman–Crippen LogP) is 7.76. The van der Waals surface area contributed by atoms with E-state index in [0.717, 1.165) is 33.7 Å². The summed E-state index contributed by atoms with van der Waals surface area (Å²) in [5, 5.41) is 3.41. The van der Waals surface area contributed by atoms with Crippen LogP contribution in [-0.4, -0.2) is 11.7 Å². The van der Waals surface area contributed by atoms with Crippen LogP contribution < -0.4 is 10.1 Å². The molecule has 0 radical (unpaired) electrons. The molecule has 1 aliphatic heterocycles. The van der Waals surface area contributed by atoms with Gasteiger partial charge in [-0.1, -0.05) is 72.3 Å². The Kier molecular flexibility index (Phi) is 7.77. The first kappa shape index (κ1) is 26.0. The quantitative estimate of drug-likeness (QED) is 0.249. The summed E-state index contributed by atoms with van der Waals surface area (Å²) in [6, 6.07) is 31.1. The number of halogens is 1. The lowest BCUT2D eigenvalue weighted by Crippen LogP contribution is -2.50. The molecular formula is C33H34FNO3. The summed E-state index contributed by atoms with van der Waals surface area (Å²) in [5.74, 6) is 0.535. The fraction of sp³-hybridized carbons (Fsp3) is 0.273. The van der Waals surface area contributed by atoms with Crippen molar-refractivity contribution in [3.63, 3.8) is 0 Å². The van der Waals surface area contributed by atoms with Crippen LogP contribution in [0.4, 0.5) is 10.1 Å².